The molecule has 1 aliphatic rings. The highest BCUT2D eigenvalue weighted by Crippen LogP contribution is 2.36. The quantitative estimate of drug-likeness (QED) is 0.775. The molecule has 1 aromatic heterocycles. The number of fused-ring (bicyclic) bond motifs is 2. The third-order valence-corrected chi connectivity index (χ3v) is 4.42. The number of thioether (sulfide) groups is 1. The molecule has 0 amide bonds. The fraction of sp³-hybridized carbons (Fsp3) is 0.286. The first kappa shape index (κ1) is 14.3. The van der Waals surface area contributed by atoms with Gasteiger partial charge in [0.15, 0.2) is 0 Å². The Labute approximate surface area is 130 Å². The Balaban J connectivity index is 2.07. The molecule has 0 radical (unpaired) electrons. The standard InChI is InChI=1S/C14H14ClN3O2S/c1-2-21-7-18-14(20)10-5-8-3-4-9(15)6-11(8)16-12(10)13(19)17-18/h3-4,6,16H,2,5,7H2,1H3,(H,17,19). The second-order valence-corrected chi connectivity index (χ2v) is 6.39. The minimum absolute atomic E-state index is 0.160. The fourth-order valence-corrected chi connectivity index (χ4v) is 3.01. The first-order valence-corrected chi connectivity index (χ1v) is 8.09. The highest BCUT2D eigenvalue weighted by molar-refractivity contribution is 7.98. The van der Waals surface area contributed by atoms with Gasteiger partial charge in [-0.25, -0.2) is 4.68 Å². The molecule has 7 heteroatoms. The lowest BCUT2D eigenvalue weighted by molar-refractivity contribution is 0.429. The van der Waals surface area contributed by atoms with E-state index in [1.54, 1.807) is 23.9 Å². The molecule has 21 heavy (non-hydrogen) atoms. The molecule has 110 valence electrons. The number of aromatic nitrogens is 2. The summed E-state index contributed by atoms with van der Waals surface area (Å²) in [4.78, 5) is 12.5. The van der Waals surface area contributed by atoms with Crippen molar-refractivity contribution in [3.05, 3.63) is 44.7 Å². The molecule has 0 aliphatic carbocycles. The van der Waals surface area contributed by atoms with E-state index in [4.69, 9.17) is 11.6 Å². The summed E-state index contributed by atoms with van der Waals surface area (Å²) < 4.78 is 1.31. The average molecular weight is 324 g/mol. The largest absolute Gasteiger partial charge is 0.491 e. The van der Waals surface area contributed by atoms with Gasteiger partial charge < -0.3 is 10.4 Å². The summed E-state index contributed by atoms with van der Waals surface area (Å²) in [5, 5.41) is 17.7. The minimum atomic E-state index is -0.170. The number of nitrogens with one attached hydrogen (secondary N) is 1. The number of nitrogens with zero attached hydrogens (tertiary/aromatic N) is 2. The van der Waals surface area contributed by atoms with Gasteiger partial charge in [-0.15, -0.1) is 16.9 Å². The maximum absolute atomic E-state index is 12.5. The molecule has 2 N–H and O–H groups in total. The van der Waals surface area contributed by atoms with Gasteiger partial charge in [-0.2, -0.15) is 0 Å². The van der Waals surface area contributed by atoms with E-state index >= 15 is 0 Å². The van der Waals surface area contributed by atoms with Crippen LogP contribution in [0, 0.1) is 0 Å². The van der Waals surface area contributed by atoms with Crippen LogP contribution in [-0.4, -0.2) is 20.6 Å². The Morgan fingerprint density at radius 1 is 1.52 bits per heavy atom. The van der Waals surface area contributed by atoms with Crippen molar-refractivity contribution < 1.29 is 5.11 Å². The monoisotopic (exact) mass is 323 g/mol. The number of halogens is 1. The van der Waals surface area contributed by atoms with Crippen molar-refractivity contribution >= 4 is 34.7 Å². The predicted octanol–water partition coefficient (Wildman–Crippen LogP) is 2.96. The molecule has 0 saturated carbocycles. The number of anilines is 2. The second kappa shape index (κ2) is 5.61. The molecule has 0 atom stereocenters. The van der Waals surface area contributed by atoms with Crippen molar-refractivity contribution in [1.82, 2.24) is 9.78 Å². The lowest BCUT2D eigenvalue weighted by Crippen LogP contribution is -2.28. The second-order valence-electron chi connectivity index (χ2n) is 4.71. The van der Waals surface area contributed by atoms with Gasteiger partial charge in [0.05, 0.1) is 11.4 Å². The van der Waals surface area contributed by atoms with Crippen LogP contribution in [0.1, 0.15) is 18.1 Å². The summed E-state index contributed by atoms with van der Waals surface area (Å²) >= 11 is 7.54. The van der Waals surface area contributed by atoms with Crippen molar-refractivity contribution in [2.45, 2.75) is 19.2 Å². The highest BCUT2D eigenvalue weighted by Gasteiger charge is 2.23. The van der Waals surface area contributed by atoms with Crippen molar-refractivity contribution in [3.63, 3.8) is 0 Å². The summed E-state index contributed by atoms with van der Waals surface area (Å²) in [5.41, 5.74) is 2.52. The molecule has 2 aromatic rings. The maximum Gasteiger partial charge on any atom is 0.273 e. The zero-order valence-electron chi connectivity index (χ0n) is 11.4. The molecule has 3 rings (SSSR count). The molecule has 0 saturated heterocycles. The van der Waals surface area contributed by atoms with E-state index < -0.39 is 0 Å². The first-order valence-electron chi connectivity index (χ1n) is 6.56. The average Bonchev–Trinajstić information content (AvgIpc) is 2.48. The SMILES string of the molecule is CCSCn1nc(O)c2c(c1=O)Cc1ccc(Cl)cc1N2. The lowest BCUT2D eigenvalue weighted by Gasteiger charge is -2.22. The molecule has 5 nitrogen and oxygen atoms in total. The highest BCUT2D eigenvalue weighted by atomic mass is 35.5. The smallest absolute Gasteiger partial charge is 0.273 e. The summed E-state index contributed by atoms with van der Waals surface area (Å²) in [6.45, 7) is 2.01. The molecule has 0 fully saturated rings. The van der Waals surface area contributed by atoms with E-state index in [9.17, 15) is 9.90 Å². The van der Waals surface area contributed by atoms with E-state index in [1.807, 2.05) is 13.0 Å². The van der Waals surface area contributed by atoms with Gasteiger partial charge in [-0.05, 0) is 23.4 Å². The third kappa shape index (κ3) is 2.61. The Bertz CT molecular complexity index is 761. The van der Waals surface area contributed by atoms with E-state index in [2.05, 4.69) is 10.4 Å². The van der Waals surface area contributed by atoms with Gasteiger partial charge in [-0.1, -0.05) is 24.6 Å². The van der Waals surface area contributed by atoms with Crippen LogP contribution in [0.25, 0.3) is 0 Å². The summed E-state index contributed by atoms with van der Waals surface area (Å²) in [7, 11) is 0. The van der Waals surface area contributed by atoms with E-state index in [0.717, 1.165) is 17.0 Å². The van der Waals surface area contributed by atoms with E-state index in [0.29, 0.717) is 28.6 Å². The summed E-state index contributed by atoms with van der Waals surface area (Å²) in [5.74, 6) is 1.15. The molecule has 1 aliphatic heterocycles. The third-order valence-electron chi connectivity index (χ3n) is 3.35. The number of benzene rings is 1. The Morgan fingerprint density at radius 3 is 3.10 bits per heavy atom. The van der Waals surface area contributed by atoms with Crippen LogP contribution in [0.15, 0.2) is 23.0 Å². The van der Waals surface area contributed by atoms with Crippen LogP contribution >= 0.6 is 23.4 Å². The van der Waals surface area contributed by atoms with Gasteiger partial charge in [0, 0.05) is 17.1 Å². The summed E-state index contributed by atoms with van der Waals surface area (Å²) in [6, 6.07) is 5.45. The van der Waals surface area contributed by atoms with Gasteiger partial charge in [-0.3, -0.25) is 4.79 Å². The normalized spacial score (nSPS) is 12.5. The molecule has 0 bridgehead atoms. The number of aromatic hydroxyl groups is 1. The molecule has 1 aromatic carbocycles. The Morgan fingerprint density at radius 2 is 2.33 bits per heavy atom. The predicted molar refractivity (Wildman–Crippen MR) is 85.8 cm³/mol. The zero-order valence-corrected chi connectivity index (χ0v) is 13.0. The summed E-state index contributed by atoms with van der Waals surface area (Å²) in [6.07, 6.45) is 0.459. The van der Waals surface area contributed by atoms with Crippen LogP contribution in [0.3, 0.4) is 0 Å². The first-order chi connectivity index (χ1) is 10.1. The van der Waals surface area contributed by atoms with Crippen LogP contribution in [0.5, 0.6) is 5.88 Å². The topological polar surface area (TPSA) is 67.1 Å². The van der Waals surface area contributed by atoms with Crippen LogP contribution in [0.4, 0.5) is 11.4 Å². The van der Waals surface area contributed by atoms with Crippen molar-refractivity contribution in [1.29, 1.82) is 0 Å². The maximum atomic E-state index is 12.5. The molecule has 0 unspecified atom stereocenters. The van der Waals surface area contributed by atoms with E-state index in [1.165, 1.54) is 4.68 Å². The van der Waals surface area contributed by atoms with Crippen molar-refractivity contribution in [3.8, 4) is 5.88 Å². The van der Waals surface area contributed by atoms with Gasteiger partial charge in [0.2, 0.25) is 0 Å². The van der Waals surface area contributed by atoms with Crippen LogP contribution < -0.4 is 10.9 Å². The van der Waals surface area contributed by atoms with Crippen LogP contribution in [-0.2, 0) is 12.3 Å². The van der Waals surface area contributed by atoms with Gasteiger partial charge in [0.1, 0.15) is 5.69 Å². The van der Waals surface area contributed by atoms with Gasteiger partial charge in [0.25, 0.3) is 11.4 Å². The lowest BCUT2D eigenvalue weighted by atomic mass is 9.99. The Kier molecular flexibility index (Phi) is 3.82. The fourth-order valence-electron chi connectivity index (χ4n) is 2.31. The van der Waals surface area contributed by atoms with Crippen molar-refractivity contribution in [2.24, 2.45) is 0 Å². The Hall–Kier alpha value is -1.66. The number of hydrogen-bond acceptors (Lipinski definition) is 5. The minimum Gasteiger partial charge on any atom is -0.491 e. The molecule has 2 heterocycles. The zero-order chi connectivity index (χ0) is 15.0. The molecule has 0 spiro atoms. The van der Waals surface area contributed by atoms with Crippen LogP contribution in [0.2, 0.25) is 5.02 Å². The van der Waals surface area contributed by atoms with Crippen molar-refractivity contribution in [2.75, 3.05) is 11.1 Å². The molecular weight excluding hydrogens is 310 g/mol. The number of hydrogen-bond donors (Lipinski definition) is 2. The van der Waals surface area contributed by atoms with Gasteiger partial charge >= 0.3 is 0 Å². The number of rotatable bonds is 3. The van der Waals surface area contributed by atoms with E-state index in [-0.39, 0.29) is 11.4 Å². The molecular formula is C14H14ClN3O2S.